The van der Waals surface area contributed by atoms with Gasteiger partial charge in [-0.05, 0) is 59.7 Å². The second-order valence-electron chi connectivity index (χ2n) is 8.34. The molecule has 11 heteroatoms. The molecule has 1 heterocycles. The number of sulfone groups is 1. The Morgan fingerprint density at radius 1 is 0.923 bits per heavy atom. The predicted octanol–water partition coefficient (Wildman–Crippen LogP) is 6.41. The number of alkyl halides is 3. The summed E-state index contributed by atoms with van der Waals surface area (Å²) in [6.07, 6.45) is -1.69. The molecule has 1 amide bonds. The Labute approximate surface area is 223 Å². The largest absolute Gasteiger partial charge is 0.573 e. The first-order valence-corrected chi connectivity index (χ1v) is 13.4. The van der Waals surface area contributed by atoms with Crippen molar-refractivity contribution in [1.29, 1.82) is 0 Å². The normalized spacial score (nSPS) is 11.6. The average Bonchev–Trinajstić information content (AvgIpc) is 2.89. The fourth-order valence-corrected chi connectivity index (χ4v) is 4.57. The van der Waals surface area contributed by atoms with Crippen molar-refractivity contribution in [2.75, 3.05) is 11.1 Å². The maximum atomic E-state index is 12.7. The highest BCUT2D eigenvalue weighted by atomic mass is 32.2. The standard InChI is InChI=1S/C28H23F3N2O5S/c1-2-39(35,36)24-9-6-19(7-10-24)16-27(34)33-21-8-11-25(20-12-14-32-15-13-20)26(17-21)37-22-4-3-5-23(18-22)38-28(29,30)31/h3-15,17-18H,2,16H2,1H3,(H,33,34). The summed E-state index contributed by atoms with van der Waals surface area (Å²) in [5, 5.41) is 2.77. The lowest BCUT2D eigenvalue weighted by atomic mass is 10.1. The number of hydrogen-bond donors (Lipinski definition) is 1. The summed E-state index contributed by atoms with van der Waals surface area (Å²) in [7, 11) is -3.34. The maximum absolute atomic E-state index is 12.7. The van der Waals surface area contributed by atoms with Crippen LogP contribution < -0.4 is 14.8 Å². The van der Waals surface area contributed by atoms with Crippen LogP contribution in [0.2, 0.25) is 0 Å². The average molecular weight is 557 g/mol. The predicted molar refractivity (Wildman–Crippen MR) is 139 cm³/mol. The van der Waals surface area contributed by atoms with Crippen LogP contribution in [-0.2, 0) is 21.1 Å². The molecule has 0 spiro atoms. The van der Waals surface area contributed by atoms with Gasteiger partial charge < -0.3 is 14.8 Å². The van der Waals surface area contributed by atoms with E-state index in [1.807, 2.05) is 0 Å². The van der Waals surface area contributed by atoms with Gasteiger partial charge >= 0.3 is 6.36 Å². The molecule has 7 nitrogen and oxygen atoms in total. The van der Waals surface area contributed by atoms with E-state index in [0.717, 1.165) is 17.7 Å². The SMILES string of the molecule is CCS(=O)(=O)c1ccc(CC(=O)Nc2ccc(-c3ccncc3)c(Oc3cccc(OC(F)(F)F)c3)c2)cc1. The van der Waals surface area contributed by atoms with E-state index in [-0.39, 0.29) is 34.5 Å². The van der Waals surface area contributed by atoms with Crippen LogP contribution in [0.4, 0.5) is 18.9 Å². The Bertz CT molecular complexity index is 1560. The number of halogens is 3. The third-order valence-electron chi connectivity index (χ3n) is 5.55. The molecule has 0 radical (unpaired) electrons. The number of carbonyl (C=O) groups excluding carboxylic acids is 1. The van der Waals surface area contributed by atoms with Crippen LogP contribution in [0.1, 0.15) is 12.5 Å². The van der Waals surface area contributed by atoms with Crippen LogP contribution in [0.5, 0.6) is 17.2 Å². The molecule has 0 saturated carbocycles. The lowest BCUT2D eigenvalue weighted by molar-refractivity contribution is -0.274. The van der Waals surface area contributed by atoms with Crippen LogP contribution in [-0.4, -0.2) is 31.4 Å². The van der Waals surface area contributed by atoms with Gasteiger partial charge in [0.1, 0.15) is 17.2 Å². The molecule has 4 rings (SSSR count). The van der Waals surface area contributed by atoms with Crippen molar-refractivity contribution in [3.05, 3.63) is 96.8 Å². The summed E-state index contributed by atoms with van der Waals surface area (Å²) in [6, 6.07) is 19.6. The van der Waals surface area contributed by atoms with Gasteiger partial charge in [0, 0.05) is 35.8 Å². The van der Waals surface area contributed by atoms with Crippen molar-refractivity contribution in [2.24, 2.45) is 0 Å². The van der Waals surface area contributed by atoms with E-state index in [2.05, 4.69) is 15.0 Å². The van der Waals surface area contributed by atoms with Crippen LogP contribution >= 0.6 is 0 Å². The monoisotopic (exact) mass is 556 g/mol. The number of benzene rings is 3. The molecule has 0 aliphatic heterocycles. The summed E-state index contributed by atoms with van der Waals surface area (Å²) in [4.78, 5) is 16.9. The zero-order valence-electron chi connectivity index (χ0n) is 20.6. The van der Waals surface area contributed by atoms with Gasteiger partial charge in [-0.15, -0.1) is 13.2 Å². The first-order chi connectivity index (χ1) is 18.5. The van der Waals surface area contributed by atoms with Gasteiger partial charge in [0.15, 0.2) is 9.84 Å². The molecule has 0 unspecified atom stereocenters. The van der Waals surface area contributed by atoms with E-state index >= 15 is 0 Å². The van der Waals surface area contributed by atoms with Crippen molar-refractivity contribution >= 4 is 21.4 Å². The topological polar surface area (TPSA) is 94.6 Å². The van der Waals surface area contributed by atoms with Crippen molar-refractivity contribution in [1.82, 2.24) is 4.98 Å². The minimum absolute atomic E-state index is 0.00836. The highest BCUT2D eigenvalue weighted by molar-refractivity contribution is 7.91. The molecule has 0 fully saturated rings. The lowest BCUT2D eigenvalue weighted by Gasteiger charge is -2.15. The molecule has 0 bridgehead atoms. The van der Waals surface area contributed by atoms with Crippen LogP contribution in [0.25, 0.3) is 11.1 Å². The Morgan fingerprint density at radius 3 is 2.28 bits per heavy atom. The highest BCUT2D eigenvalue weighted by Gasteiger charge is 2.31. The van der Waals surface area contributed by atoms with E-state index in [0.29, 0.717) is 16.8 Å². The molecular formula is C28H23F3N2O5S. The van der Waals surface area contributed by atoms with Gasteiger partial charge in [-0.25, -0.2) is 8.42 Å². The molecule has 1 aromatic heterocycles. The summed E-state index contributed by atoms with van der Waals surface area (Å²) in [5.74, 6) is -0.446. The maximum Gasteiger partial charge on any atom is 0.573 e. The second-order valence-corrected chi connectivity index (χ2v) is 10.6. The smallest absolute Gasteiger partial charge is 0.457 e. The van der Waals surface area contributed by atoms with Gasteiger partial charge in [0.25, 0.3) is 0 Å². The Balaban J connectivity index is 1.56. The molecule has 0 aliphatic carbocycles. The lowest BCUT2D eigenvalue weighted by Crippen LogP contribution is -2.17. The summed E-state index contributed by atoms with van der Waals surface area (Å²) in [6.45, 7) is 1.56. The molecule has 3 aromatic carbocycles. The Hall–Kier alpha value is -4.38. The number of pyridine rings is 1. The van der Waals surface area contributed by atoms with Gasteiger partial charge in [-0.3, -0.25) is 9.78 Å². The van der Waals surface area contributed by atoms with E-state index in [1.165, 1.54) is 24.3 Å². The second kappa shape index (κ2) is 11.6. The van der Waals surface area contributed by atoms with Gasteiger partial charge in [0.05, 0.1) is 17.1 Å². The fourth-order valence-electron chi connectivity index (χ4n) is 3.69. The molecular weight excluding hydrogens is 533 g/mol. The number of anilines is 1. The fraction of sp³-hybridized carbons (Fsp3) is 0.143. The summed E-state index contributed by atoms with van der Waals surface area (Å²) >= 11 is 0. The summed E-state index contributed by atoms with van der Waals surface area (Å²) in [5.41, 5.74) is 2.36. The third-order valence-corrected chi connectivity index (χ3v) is 7.30. The minimum atomic E-state index is -4.85. The van der Waals surface area contributed by atoms with Gasteiger partial charge in [-0.1, -0.05) is 25.1 Å². The van der Waals surface area contributed by atoms with Crippen molar-refractivity contribution in [3.63, 3.8) is 0 Å². The number of nitrogens with one attached hydrogen (secondary N) is 1. The van der Waals surface area contributed by atoms with Crippen molar-refractivity contribution < 1.29 is 35.9 Å². The molecule has 0 saturated heterocycles. The van der Waals surface area contributed by atoms with E-state index in [1.54, 1.807) is 61.8 Å². The zero-order chi connectivity index (χ0) is 28.0. The van der Waals surface area contributed by atoms with Crippen molar-refractivity contribution in [3.8, 4) is 28.4 Å². The first-order valence-electron chi connectivity index (χ1n) is 11.7. The van der Waals surface area contributed by atoms with Crippen LogP contribution in [0.3, 0.4) is 0 Å². The molecule has 4 aromatic rings. The van der Waals surface area contributed by atoms with E-state index in [9.17, 15) is 26.4 Å². The number of aromatic nitrogens is 1. The van der Waals surface area contributed by atoms with Crippen LogP contribution in [0, 0.1) is 0 Å². The minimum Gasteiger partial charge on any atom is -0.457 e. The number of amides is 1. The Kier molecular flexibility index (Phi) is 8.20. The third kappa shape index (κ3) is 7.57. The molecule has 202 valence electrons. The number of hydrogen-bond acceptors (Lipinski definition) is 6. The highest BCUT2D eigenvalue weighted by Crippen LogP contribution is 2.37. The number of carbonyl (C=O) groups is 1. The molecule has 0 aliphatic rings. The quantitative estimate of drug-likeness (QED) is 0.256. The number of rotatable bonds is 9. The van der Waals surface area contributed by atoms with Gasteiger partial charge in [-0.2, -0.15) is 0 Å². The summed E-state index contributed by atoms with van der Waals surface area (Å²) < 4.78 is 71.9. The van der Waals surface area contributed by atoms with Gasteiger partial charge in [0.2, 0.25) is 5.91 Å². The van der Waals surface area contributed by atoms with E-state index in [4.69, 9.17) is 4.74 Å². The first kappa shape index (κ1) is 27.6. The van der Waals surface area contributed by atoms with Crippen LogP contribution in [0.15, 0.2) is 96.2 Å². The van der Waals surface area contributed by atoms with E-state index < -0.39 is 21.9 Å². The Morgan fingerprint density at radius 2 is 1.62 bits per heavy atom. The number of nitrogens with zero attached hydrogens (tertiary/aromatic N) is 1. The molecule has 0 atom stereocenters. The van der Waals surface area contributed by atoms with Crippen molar-refractivity contribution in [2.45, 2.75) is 24.6 Å². The molecule has 1 N–H and O–H groups in total. The zero-order valence-corrected chi connectivity index (χ0v) is 21.4. The number of ether oxygens (including phenoxy) is 2. The molecule has 39 heavy (non-hydrogen) atoms.